The van der Waals surface area contributed by atoms with Crippen molar-refractivity contribution in [1.29, 1.82) is 0 Å². The average molecular weight is 682 g/mol. The number of benzene rings is 2. The fraction of sp³-hybridized carbons (Fsp3) is 0.346. The van der Waals surface area contributed by atoms with Crippen LogP contribution in [0.5, 0.6) is 0 Å². The zero-order chi connectivity index (χ0) is 27.0. The predicted molar refractivity (Wildman–Crippen MR) is 158 cm³/mol. The summed E-state index contributed by atoms with van der Waals surface area (Å²) in [6, 6.07) is 14.9. The molecule has 3 heterocycles. The Morgan fingerprint density at radius 1 is 1.08 bits per heavy atom. The van der Waals surface area contributed by atoms with E-state index in [1.54, 1.807) is 16.8 Å². The van der Waals surface area contributed by atoms with Gasteiger partial charge in [0.1, 0.15) is 11.9 Å². The van der Waals surface area contributed by atoms with E-state index in [1.165, 1.54) is 0 Å². The minimum absolute atomic E-state index is 0.0222. The molecule has 38 heavy (non-hydrogen) atoms. The van der Waals surface area contributed by atoms with Crippen LogP contribution in [0.3, 0.4) is 0 Å². The number of morpholine rings is 1. The van der Waals surface area contributed by atoms with Gasteiger partial charge in [-0.2, -0.15) is 10.1 Å². The number of aliphatic imine (C=N–C) groups is 1. The number of hydrogen-bond donors (Lipinski definition) is 0. The van der Waals surface area contributed by atoms with Crippen LogP contribution in [0.4, 0.5) is 5.82 Å². The molecule has 5 rings (SSSR count). The SMILES string of the molecule is Cc1nn(CCOC(=O)c2ccc(Br)cc2)c2c1P(=S)(N1CC(C)OC(C)C1)OC(c1ccc(Br)cc1)=N2. The molecule has 12 heteroatoms. The molecule has 200 valence electrons. The van der Waals surface area contributed by atoms with Gasteiger partial charge in [0, 0.05) is 27.6 Å². The van der Waals surface area contributed by atoms with Crippen LogP contribution in [0.15, 0.2) is 62.5 Å². The van der Waals surface area contributed by atoms with E-state index in [9.17, 15) is 4.79 Å². The lowest BCUT2D eigenvalue weighted by Gasteiger charge is -2.42. The van der Waals surface area contributed by atoms with E-state index in [0.717, 1.165) is 25.5 Å². The first kappa shape index (κ1) is 27.7. The maximum absolute atomic E-state index is 12.5. The monoisotopic (exact) mass is 680 g/mol. The number of esters is 1. The summed E-state index contributed by atoms with van der Waals surface area (Å²) in [5.41, 5.74) is 2.09. The molecule has 3 atom stereocenters. The molecule has 0 radical (unpaired) electrons. The van der Waals surface area contributed by atoms with Gasteiger partial charge in [-0.3, -0.25) is 0 Å². The van der Waals surface area contributed by atoms with Gasteiger partial charge < -0.3 is 14.0 Å². The molecular weight excluding hydrogens is 655 g/mol. The van der Waals surface area contributed by atoms with Crippen LogP contribution in [0.1, 0.15) is 35.5 Å². The molecule has 0 saturated carbocycles. The van der Waals surface area contributed by atoms with Crippen LogP contribution in [-0.4, -0.2) is 58.2 Å². The van der Waals surface area contributed by atoms with Gasteiger partial charge in [-0.25, -0.2) is 14.1 Å². The third-order valence-electron chi connectivity index (χ3n) is 6.25. The lowest BCUT2D eigenvalue weighted by molar-refractivity contribution is -0.0446. The van der Waals surface area contributed by atoms with Crippen molar-refractivity contribution in [2.75, 3.05) is 19.7 Å². The van der Waals surface area contributed by atoms with Crippen LogP contribution in [0.2, 0.25) is 0 Å². The van der Waals surface area contributed by atoms with Gasteiger partial charge in [-0.1, -0.05) is 31.9 Å². The molecule has 0 amide bonds. The predicted octanol–water partition coefficient (Wildman–Crippen LogP) is 5.73. The molecule has 2 aromatic carbocycles. The third kappa shape index (κ3) is 5.69. The highest BCUT2D eigenvalue weighted by molar-refractivity contribution is 9.10. The molecule has 2 aliphatic heterocycles. The molecule has 8 nitrogen and oxygen atoms in total. The van der Waals surface area contributed by atoms with E-state index in [4.69, 9.17) is 35.9 Å². The number of carbonyl (C=O) groups is 1. The van der Waals surface area contributed by atoms with Gasteiger partial charge in [0.25, 0.3) is 0 Å². The highest BCUT2D eigenvalue weighted by Crippen LogP contribution is 2.56. The van der Waals surface area contributed by atoms with Gasteiger partial charge in [-0.15, -0.1) is 0 Å². The smallest absolute Gasteiger partial charge is 0.338 e. The van der Waals surface area contributed by atoms with E-state index in [0.29, 0.717) is 36.9 Å². The van der Waals surface area contributed by atoms with Crippen molar-refractivity contribution in [3.8, 4) is 0 Å². The Labute approximate surface area is 243 Å². The van der Waals surface area contributed by atoms with Gasteiger partial charge in [0.05, 0.1) is 30.0 Å². The first-order valence-corrected chi connectivity index (χ1v) is 16.5. The average Bonchev–Trinajstić information content (AvgIpc) is 3.20. The van der Waals surface area contributed by atoms with Crippen molar-refractivity contribution in [2.24, 2.45) is 4.99 Å². The lowest BCUT2D eigenvalue weighted by atomic mass is 10.2. The van der Waals surface area contributed by atoms with Gasteiger partial charge in [0.15, 0.2) is 5.82 Å². The number of nitrogens with zero attached hydrogens (tertiary/aromatic N) is 4. The maximum Gasteiger partial charge on any atom is 0.338 e. The normalized spacial score (nSPS) is 23.3. The number of fused-ring (bicyclic) bond motifs is 1. The standard InChI is InChI=1S/C26H27Br2N4O4PS/c1-16-14-31(15-17(2)35-16)37(38)23-18(3)30-32(12-13-34-26(33)20-6-10-22(28)11-7-20)24(23)29-25(36-37)19-4-8-21(27)9-5-19/h4-11,16-17H,12-15H2,1-3H3. The molecule has 1 saturated heterocycles. The summed E-state index contributed by atoms with van der Waals surface area (Å²) >= 11 is 13.3. The summed E-state index contributed by atoms with van der Waals surface area (Å²) in [7, 11) is 0. The number of rotatable bonds is 6. The first-order chi connectivity index (χ1) is 18.1. The Morgan fingerprint density at radius 3 is 2.32 bits per heavy atom. The number of aryl methyl sites for hydroxylation is 1. The zero-order valence-electron chi connectivity index (χ0n) is 21.1. The summed E-state index contributed by atoms with van der Waals surface area (Å²) < 4.78 is 24.1. The summed E-state index contributed by atoms with van der Waals surface area (Å²) in [6.07, 6.45) is -2.71. The second kappa shape index (κ2) is 11.3. The van der Waals surface area contributed by atoms with Gasteiger partial charge >= 0.3 is 5.97 Å². The molecule has 2 aliphatic rings. The molecule has 3 aromatic rings. The van der Waals surface area contributed by atoms with E-state index in [-0.39, 0.29) is 24.8 Å². The van der Waals surface area contributed by atoms with Crippen LogP contribution in [-0.2, 0) is 32.3 Å². The van der Waals surface area contributed by atoms with Crippen LogP contribution < -0.4 is 5.30 Å². The van der Waals surface area contributed by atoms with Crippen molar-refractivity contribution >= 4 is 73.1 Å². The van der Waals surface area contributed by atoms with E-state index in [1.807, 2.05) is 43.3 Å². The molecule has 3 unspecified atom stereocenters. The second-order valence-corrected chi connectivity index (χ2v) is 14.8. The summed E-state index contributed by atoms with van der Waals surface area (Å²) in [6.45, 7) is 7.82. The van der Waals surface area contributed by atoms with Crippen molar-refractivity contribution in [3.05, 3.63) is 74.3 Å². The van der Waals surface area contributed by atoms with Crippen molar-refractivity contribution in [1.82, 2.24) is 14.5 Å². The Balaban J connectivity index is 1.47. The molecule has 1 fully saturated rings. The molecule has 0 N–H and O–H groups in total. The number of aromatic nitrogens is 2. The summed E-state index contributed by atoms with van der Waals surface area (Å²) in [5.74, 6) is 0.730. The minimum Gasteiger partial charge on any atom is -0.460 e. The van der Waals surface area contributed by atoms with Crippen LogP contribution in [0.25, 0.3) is 0 Å². The maximum atomic E-state index is 12.5. The Morgan fingerprint density at radius 2 is 1.68 bits per heavy atom. The Kier molecular flexibility index (Phi) is 8.24. The second-order valence-electron chi connectivity index (χ2n) is 9.29. The topological polar surface area (TPSA) is 78.2 Å². The highest BCUT2D eigenvalue weighted by Gasteiger charge is 2.44. The third-order valence-corrected chi connectivity index (χ3v) is 11.4. The largest absolute Gasteiger partial charge is 0.460 e. The molecule has 0 spiro atoms. The minimum atomic E-state index is -2.76. The van der Waals surface area contributed by atoms with Gasteiger partial charge in [0.2, 0.25) is 12.3 Å². The lowest BCUT2D eigenvalue weighted by Crippen LogP contribution is -2.46. The zero-order valence-corrected chi connectivity index (χ0v) is 26.0. The fourth-order valence-corrected chi connectivity index (χ4v) is 9.02. The van der Waals surface area contributed by atoms with Crippen molar-refractivity contribution in [3.63, 3.8) is 0 Å². The van der Waals surface area contributed by atoms with Crippen LogP contribution in [0, 0.1) is 6.92 Å². The van der Waals surface area contributed by atoms with E-state index < -0.39 is 6.42 Å². The quantitative estimate of drug-likeness (QED) is 0.243. The van der Waals surface area contributed by atoms with Crippen molar-refractivity contribution in [2.45, 2.75) is 39.5 Å². The highest BCUT2D eigenvalue weighted by atomic mass is 79.9. The van der Waals surface area contributed by atoms with Crippen LogP contribution >= 0.6 is 38.3 Å². The molecule has 1 aromatic heterocycles. The summed E-state index contributed by atoms with van der Waals surface area (Å²) in [5, 5.41) is 5.61. The first-order valence-electron chi connectivity index (χ1n) is 12.2. The Hall–Kier alpha value is -1.88. The van der Waals surface area contributed by atoms with Gasteiger partial charge in [-0.05, 0) is 81.1 Å². The number of halogens is 2. The Bertz CT molecular complexity index is 1420. The number of hydrogen-bond acceptors (Lipinski definition) is 7. The van der Waals surface area contributed by atoms with E-state index in [2.05, 4.69) is 50.4 Å². The van der Waals surface area contributed by atoms with Crippen molar-refractivity contribution < 1.29 is 18.8 Å². The number of ether oxygens (including phenoxy) is 2. The number of carbonyl (C=O) groups excluding carboxylic acids is 1. The molecule has 0 aliphatic carbocycles. The van der Waals surface area contributed by atoms with E-state index >= 15 is 0 Å². The fourth-order valence-electron chi connectivity index (χ4n) is 4.61. The molecule has 0 bridgehead atoms. The summed E-state index contributed by atoms with van der Waals surface area (Å²) in [4.78, 5) is 17.4. The molecular formula is C26H27Br2N4O4PS.